The highest BCUT2D eigenvalue weighted by molar-refractivity contribution is 5.93. The van der Waals surface area contributed by atoms with Crippen LogP contribution in [0.2, 0.25) is 0 Å². The van der Waals surface area contributed by atoms with Crippen LogP contribution >= 0.6 is 0 Å². The molecule has 28 heavy (non-hydrogen) atoms. The van der Waals surface area contributed by atoms with E-state index in [4.69, 9.17) is 10.5 Å². The molecule has 2 aromatic carbocycles. The van der Waals surface area contributed by atoms with E-state index in [1.807, 2.05) is 30.3 Å². The number of amides is 2. The predicted octanol–water partition coefficient (Wildman–Crippen LogP) is 1.60. The van der Waals surface area contributed by atoms with Gasteiger partial charge >= 0.3 is 0 Å². The lowest BCUT2D eigenvalue weighted by Gasteiger charge is -2.07. The van der Waals surface area contributed by atoms with Crippen molar-refractivity contribution in [1.29, 1.82) is 0 Å². The first-order chi connectivity index (χ1) is 13.4. The normalized spacial score (nSPS) is 10.5. The summed E-state index contributed by atoms with van der Waals surface area (Å²) in [5, 5.41) is 2.62. The highest BCUT2D eigenvalue weighted by Crippen LogP contribution is 2.15. The van der Waals surface area contributed by atoms with Crippen LogP contribution in [-0.2, 0) is 11.8 Å². The van der Waals surface area contributed by atoms with E-state index in [9.17, 15) is 14.4 Å². The Labute approximate surface area is 161 Å². The fraction of sp³-hybridized carbons (Fsp3) is 0.150. The maximum atomic E-state index is 12.8. The summed E-state index contributed by atoms with van der Waals surface area (Å²) in [6.07, 6.45) is 0. The third kappa shape index (κ3) is 3.80. The number of nitrogens with one attached hydrogen (secondary N) is 1. The summed E-state index contributed by atoms with van der Waals surface area (Å²) in [7, 11) is 1.75. The summed E-state index contributed by atoms with van der Waals surface area (Å²) in [6.45, 7) is 1.47. The number of ether oxygens (including phenoxy) is 1. The van der Waals surface area contributed by atoms with Gasteiger partial charge in [-0.2, -0.15) is 0 Å². The monoisotopic (exact) mass is 380 g/mol. The third-order valence-electron chi connectivity index (χ3n) is 4.33. The van der Waals surface area contributed by atoms with Crippen LogP contribution < -0.4 is 21.3 Å². The second kappa shape index (κ2) is 7.83. The first kappa shape index (κ1) is 19.0. The molecule has 0 spiro atoms. The molecule has 2 amide bonds. The van der Waals surface area contributed by atoms with Gasteiger partial charge in [0.15, 0.2) is 6.61 Å². The fourth-order valence-electron chi connectivity index (χ4n) is 2.75. The summed E-state index contributed by atoms with van der Waals surface area (Å²) in [4.78, 5) is 36.1. The number of anilines is 1. The van der Waals surface area contributed by atoms with E-state index in [0.29, 0.717) is 22.7 Å². The molecule has 3 rings (SSSR count). The lowest BCUT2D eigenvalue weighted by atomic mass is 10.2. The number of primary amides is 1. The third-order valence-corrected chi connectivity index (χ3v) is 4.33. The number of hydrogen-bond donors (Lipinski definition) is 2. The first-order valence-electron chi connectivity index (χ1n) is 8.55. The number of nitrogens with zero attached hydrogens (tertiary/aromatic N) is 2. The summed E-state index contributed by atoms with van der Waals surface area (Å²) < 4.78 is 8.55. The predicted molar refractivity (Wildman–Crippen MR) is 105 cm³/mol. The molecule has 1 aromatic heterocycles. The second-order valence-electron chi connectivity index (χ2n) is 6.16. The summed E-state index contributed by atoms with van der Waals surface area (Å²) in [5.41, 5.74) is 6.71. The zero-order chi connectivity index (χ0) is 20.3. The Morgan fingerprint density at radius 2 is 1.71 bits per heavy atom. The lowest BCUT2D eigenvalue weighted by molar-refractivity contribution is -0.118. The summed E-state index contributed by atoms with van der Waals surface area (Å²) in [6, 6.07) is 15.3. The Morgan fingerprint density at radius 1 is 1.07 bits per heavy atom. The van der Waals surface area contributed by atoms with Crippen LogP contribution in [0, 0.1) is 6.92 Å². The van der Waals surface area contributed by atoms with Crippen LogP contribution in [0.1, 0.15) is 16.1 Å². The standard InChI is InChI=1S/C20H20N4O4/c1-13-18(20(27)24(23(13)2)15-6-4-3-5-7-15)22-17(25)12-28-16-10-8-14(9-11-16)19(21)26/h3-11H,12H2,1-2H3,(H2,21,26)(H,22,25). The molecule has 0 unspecified atom stereocenters. The van der Waals surface area contributed by atoms with Gasteiger partial charge in [0.2, 0.25) is 5.91 Å². The number of nitrogens with two attached hydrogens (primary N) is 1. The van der Waals surface area contributed by atoms with Crippen LogP contribution in [0.4, 0.5) is 5.69 Å². The molecule has 1 heterocycles. The van der Waals surface area contributed by atoms with E-state index in [1.54, 1.807) is 30.8 Å². The molecule has 0 bridgehead atoms. The summed E-state index contributed by atoms with van der Waals surface area (Å²) >= 11 is 0. The van der Waals surface area contributed by atoms with Crippen molar-refractivity contribution in [2.45, 2.75) is 6.92 Å². The fourth-order valence-corrected chi connectivity index (χ4v) is 2.75. The molecule has 144 valence electrons. The maximum absolute atomic E-state index is 12.8. The van der Waals surface area contributed by atoms with Gasteiger partial charge in [-0.15, -0.1) is 0 Å². The molecule has 0 radical (unpaired) electrons. The quantitative estimate of drug-likeness (QED) is 0.677. The van der Waals surface area contributed by atoms with Crippen molar-refractivity contribution in [3.8, 4) is 11.4 Å². The largest absolute Gasteiger partial charge is 0.484 e. The van der Waals surface area contributed by atoms with Crippen molar-refractivity contribution >= 4 is 17.5 Å². The van der Waals surface area contributed by atoms with Crippen molar-refractivity contribution in [3.05, 3.63) is 76.2 Å². The molecule has 0 aliphatic heterocycles. The number of hydrogen-bond acceptors (Lipinski definition) is 4. The topological polar surface area (TPSA) is 108 Å². The molecule has 0 aliphatic carbocycles. The molecule has 3 N–H and O–H groups in total. The molecule has 0 atom stereocenters. The van der Waals surface area contributed by atoms with Gasteiger partial charge in [0, 0.05) is 12.6 Å². The van der Waals surface area contributed by atoms with Crippen molar-refractivity contribution in [2.24, 2.45) is 12.8 Å². The van der Waals surface area contributed by atoms with Crippen molar-refractivity contribution in [3.63, 3.8) is 0 Å². The molecule has 3 aromatic rings. The van der Waals surface area contributed by atoms with E-state index in [2.05, 4.69) is 5.32 Å². The molecule has 8 heteroatoms. The van der Waals surface area contributed by atoms with Gasteiger partial charge in [-0.05, 0) is 43.3 Å². The molecule has 0 aliphatic rings. The van der Waals surface area contributed by atoms with Crippen LogP contribution in [0.5, 0.6) is 5.75 Å². The number of rotatable bonds is 6. The Morgan fingerprint density at radius 3 is 2.32 bits per heavy atom. The maximum Gasteiger partial charge on any atom is 0.295 e. The van der Waals surface area contributed by atoms with E-state index < -0.39 is 11.8 Å². The zero-order valence-corrected chi connectivity index (χ0v) is 15.5. The lowest BCUT2D eigenvalue weighted by Crippen LogP contribution is -2.25. The van der Waals surface area contributed by atoms with Gasteiger partial charge in [-0.1, -0.05) is 18.2 Å². The highest BCUT2D eigenvalue weighted by atomic mass is 16.5. The summed E-state index contributed by atoms with van der Waals surface area (Å²) in [5.74, 6) is -0.602. The Kier molecular flexibility index (Phi) is 5.30. The molecule has 0 fully saturated rings. The Balaban J connectivity index is 1.72. The molecule has 8 nitrogen and oxygen atoms in total. The molecule has 0 saturated carbocycles. The minimum atomic E-state index is -0.543. The zero-order valence-electron chi connectivity index (χ0n) is 15.5. The van der Waals surface area contributed by atoms with E-state index >= 15 is 0 Å². The highest BCUT2D eigenvalue weighted by Gasteiger charge is 2.18. The first-order valence-corrected chi connectivity index (χ1v) is 8.55. The molecule has 0 saturated heterocycles. The average Bonchev–Trinajstić information content (AvgIpc) is 2.90. The van der Waals surface area contributed by atoms with Crippen LogP contribution in [0.3, 0.4) is 0 Å². The van der Waals surface area contributed by atoms with Gasteiger partial charge in [0.1, 0.15) is 11.4 Å². The Hall–Kier alpha value is -3.81. The number of aromatic nitrogens is 2. The second-order valence-corrected chi connectivity index (χ2v) is 6.16. The number of carbonyl (C=O) groups is 2. The van der Waals surface area contributed by atoms with Gasteiger partial charge in [0.05, 0.1) is 11.4 Å². The van der Waals surface area contributed by atoms with Gasteiger partial charge in [-0.3, -0.25) is 19.1 Å². The van der Waals surface area contributed by atoms with Crippen LogP contribution in [0.15, 0.2) is 59.4 Å². The van der Waals surface area contributed by atoms with E-state index in [0.717, 1.165) is 0 Å². The minimum absolute atomic E-state index is 0.198. The van der Waals surface area contributed by atoms with Gasteiger partial charge in [0.25, 0.3) is 11.5 Å². The van der Waals surface area contributed by atoms with E-state index in [1.165, 1.54) is 16.8 Å². The Bertz CT molecular complexity index is 1070. The number of carbonyl (C=O) groups excluding carboxylic acids is 2. The smallest absolute Gasteiger partial charge is 0.295 e. The number of para-hydroxylation sites is 1. The van der Waals surface area contributed by atoms with Crippen LogP contribution in [-0.4, -0.2) is 27.8 Å². The van der Waals surface area contributed by atoms with Crippen molar-refractivity contribution in [2.75, 3.05) is 11.9 Å². The van der Waals surface area contributed by atoms with Gasteiger partial charge in [-0.25, -0.2) is 4.68 Å². The van der Waals surface area contributed by atoms with Crippen molar-refractivity contribution in [1.82, 2.24) is 9.36 Å². The molecular formula is C20H20N4O4. The minimum Gasteiger partial charge on any atom is -0.484 e. The van der Waals surface area contributed by atoms with Crippen molar-refractivity contribution < 1.29 is 14.3 Å². The average molecular weight is 380 g/mol. The van der Waals surface area contributed by atoms with Gasteiger partial charge < -0.3 is 15.8 Å². The van der Waals surface area contributed by atoms with Crippen LogP contribution in [0.25, 0.3) is 5.69 Å². The SMILES string of the molecule is Cc1c(NC(=O)COc2ccc(C(N)=O)cc2)c(=O)n(-c2ccccc2)n1C. The van der Waals surface area contributed by atoms with E-state index in [-0.39, 0.29) is 17.9 Å². The number of benzene rings is 2. The molecular weight excluding hydrogens is 360 g/mol.